The average molecular weight is 206 g/mol. The lowest BCUT2D eigenvalue weighted by Gasteiger charge is -2.27. The second-order valence-electron chi connectivity index (χ2n) is 3.90. The molecule has 1 aliphatic rings. The number of hydrogen-bond donors (Lipinski definition) is 0. The fourth-order valence-corrected chi connectivity index (χ4v) is 1.75. The molecule has 1 aromatic heterocycles. The molecule has 2 heterocycles. The molecule has 0 N–H and O–H groups in total. The zero-order chi connectivity index (χ0) is 10.8. The smallest absolute Gasteiger partial charge is 0.276 e. The molecular formula is C11H14N2O2. The highest BCUT2D eigenvalue weighted by Gasteiger charge is 2.22. The Morgan fingerprint density at radius 1 is 1.67 bits per heavy atom. The number of nitrogens with zero attached hydrogens (tertiary/aromatic N) is 2. The number of carbonyl (C=O) groups is 1. The maximum absolute atomic E-state index is 11.9. The van der Waals surface area contributed by atoms with Crippen molar-refractivity contribution >= 4 is 5.91 Å². The molecule has 1 aromatic rings. The Bertz CT molecular complexity index is 395. The van der Waals surface area contributed by atoms with Gasteiger partial charge in [0.15, 0.2) is 5.69 Å². The van der Waals surface area contributed by atoms with Crippen LogP contribution in [0.15, 0.2) is 22.7 Å². The van der Waals surface area contributed by atoms with Crippen molar-refractivity contribution in [2.75, 3.05) is 13.1 Å². The van der Waals surface area contributed by atoms with Gasteiger partial charge in [-0.2, -0.15) is 0 Å². The van der Waals surface area contributed by atoms with E-state index in [0.717, 1.165) is 25.0 Å². The molecular weight excluding hydrogens is 192 g/mol. The van der Waals surface area contributed by atoms with Gasteiger partial charge in [-0.1, -0.05) is 17.3 Å². The van der Waals surface area contributed by atoms with Crippen molar-refractivity contribution in [3.05, 3.63) is 29.7 Å². The molecule has 0 bridgehead atoms. The van der Waals surface area contributed by atoms with E-state index >= 15 is 0 Å². The lowest BCUT2D eigenvalue weighted by atomic mass is 10.1. The lowest BCUT2D eigenvalue weighted by molar-refractivity contribution is 0.0742. The third kappa shape index (κ3) is 2.09. The number of carbonyl (C=O) groups excluding carboxylic acids is 1. The van der Waals surface area contributed by atoms with Gasteiger partial charge in [0.2, 0.25) is 0 Å². The van der Waals surface area contributed by atoms with Crippen LogP contribution in [0.25, 0.3) is 0 Å². The van der Waals surface area contributed by atoms with E-state index in [9.17, 15) is 4.79 Å². The van der Waals surface area contributed by atoms with Crippen LogP contribution in [0.2, 0.25) is 0 Å². The number of aryl methyl sites for hydroxylation is 1. The first-order chi connectivity index (χ1) is 7.16. The van der Waals surface area contributed by atoms with Crippen molar-refractivity contribution < 1.29 is 9.32 Å². The van der Waals surface area contributed by atoms with Gasteiger partial charge < -0.3 is 9.42 Å². The molecule has 1 saturated heterocycles. The van der Waals surface area contributed by atoms with Gasteiger partial charge >= 0.3 is 0 Å². The Balaban J connectivity index is 2.10. The Morgan fingerprint density at radius 3 is 3.07 bits per heavy atom. The molecule has 0 aliphatic carbocycles. The van der Waals surface area contributed by atoms with E-state index in [0.29, 0.717) is 18.0 Å². The van der Waals surface area contributed by atoms with Crippen LogP contribution in [0.1, 0.15) is 29.1 Å². The SMILES string of the molecule is C=C1CCCN(C(=O)c2cc(C)on2)C1. The zero-order valence-electron chi connectivity index (χ0n) is 8.82. The van der Waals surface area contributed by atoms with Crippen molar-refractivity contribution in [2.24, 2.45) is 0 Å². The highest BCUT2D eigenvalue weighted by atomic mass is 16.5. The normalized spacial score (nSPS) is 16.9. The van der Waals surface area contributed by atoms with E-state index in [1.54, 1.807) is 17.9 Å². The van der Waals surface area contributed by atoms with Crippen LogP contribution in [0.5, 0.6) is 0 Å². The van der Waals surface area contributed by atoms with Gasteiger partial charge in [0.05, 0.1) is 0 Å². The van der Waals surface area contributed by atoms with Crippen LogP contribution in [-0.4, -0.2) is 29.1 Å². The van der Waals surface area contributed by atoms with Gasteiger partial charge in [-0.05, 0) is 19.8 Å². The molecule has 0 atom stereocenters. The average Bonchev–Trinajstić information content (AvgIpc) is 2.64. The molecule has 0 saturated carbocycles. The van der Waals surface area contributed by atoms with Crippen LogP contribution in [0, 0.1) is 6.92 Å². The van der Waals surface area contributed by atoms with Crippen LogP contribution >= 0.6 is 0 Å². The molecule has 4 nitrogen and oxygen atoms in total. The van der Waals surface area contributed by atoms with Gasteiger partial charge in [-0.25, -0.2) is 0 Å². The van der Waals surface area contributed by atoms with Crippen LogP contribution in [0.4, 0.5) is 0 Å². The molecule has 1 aliphatic heterocycles. The number of piperidine rings is 1. The standard InChI is InChI=1S/C11H14N2O2/c1-8-4-3-5-13(7-8)11(14)10-6-9(2)15-12-10/h6H,1,3-5,7H2,2H3. The maximum atomic E-state index is 11.9. The van der Waals surface area contributed by atoms with Crippen LogP contribution in [0.3, 0.4) is 0 Å². The van der Waals surface area contributed by atoms with Crippen molar-refractivity contribution in [1.29, 1.82) is 0 Å². The fraction of sp³-hybridized carbons (Fsp3) is 0.455. The van der Waals surface area contributed by atoms with E-state index in [4.69, 9.17) is 4.52 Å². The number of likely N-dealkylation sites (tertiary alicyclic amines) is 1. The highest BCUT2D eigenvalue weighted by Crippen LogP contribution is 2.16. The van der Waals surface area contributed by atoms with Crippen molar-refractivity contribution in [1.82, 2.24) is 10.1 Å². The fourth-order valence-electron chi connectivity index (χ4n) is 1.75. The van der Waals surface area contributed by atoms with E-state index < -0.39 is 0 Å². The molecule has 15 heavy (non-hydrogen) atoms. The second kappa shape index (κ2) is 3.88. The van der Waals surface area contributed by atoms with E-state index in [-0.39, 0.29) is 5.91 Å². The summed E-state index contributed by atoms with van der Waals surface area (Å²) < 4.78 is 4.88. The molecule has 0 aromatic carbocycles. The maximum Gasteiger partial charge on any atom is 0.276 e. The molecule has 2 rings (SSSR count). The highest BCUT2D eigenvalue weighted by molar-refractivity contribution is 5.92. The predicted octanol–water partition coefficient (Wildman–Crippen LogP) is 1.78. The van der Waals surface area contributed by atoms with Crippen LogP contribution < -0.4 is 0 Å². The minimum Gasteiger partial charge on any atom is -0.361 e. The molecule has 1 fully saturated rings. The largest absolute Gasteiger partial charge is 0.361 e. The number of rotatable bonds is 1. The van der Waals surface area contributed by atoms with Gasteiger partial charge in [0.1, 0.15) is 5.76 Å². The summed E-state index contributed by atoms with van der Waals surface area (Å²) in [6, 6.07) is 1.67. The quantitative estimate of drug-likeness (QED) is 0.658. The molecule has 0 unspecified atom stereocenters. The van der Waals surface area contributed by atoms with Gasteiger partial charge in [-0.3, -0.25) is 4.79 Å². The monoisotopic (exact) mass is 206 g/mol. The summed E-state index contributed by atoms with van der Waals surface area (Å²) >= 11 is 0. The Morgan fingerprint density at radius 2 is 2.47 bits per heavy atom. The summed E-state index contributed by atoms with van der Waals surface area (Å²) in [5, 5.41) is 3.72. The first kappa shape index (κ1) is 9.96. The second-order valence-corrected chi connectivity index (χ2v) is 3.90. The Hall–Kier alpha value is -1.58. The third-order valence-electron chi connectivity index (χ3n) is 2.51. The minimum absolute atomic E-state index is 0.0623. The van der Waals surface area contributed by atoms with E-state index in [1.807, 2.05) is 0 Å². The first-order valence-electron chi connectivity index (χ1n) is 5.06. The Labute approximate surface area is 88.5 Å². The van der Waals surface area contributed by atoms with Gasteiger partial charge in [0.25, 0.3) is 5.91 Å². The Kier molecular flexibility index (Phi) is 2.58. The first-order valence-corrected chi connectivity index (χ1v) is 5.06. The van der Waals surface area contributed by atoms with Crippen LogP contribution in [-0.2, 0) is 0 Å². The van der Waals surface area contributed by atoms with E-state index in [1.165, 1.54) is 0 Å². The van der Waals surface area contributed by atoms with Gasteiger partial charge in [0, 0.05) is 19.2 Å². The molecule has 4 heteroatoms. The summed E-state index contributed by atoms with van der Waals surface area (Å²) in [5.74, 6) is 0.599. The van der Waals surface area contributed by atoms with Crippen molar-refractivity contribution in [3.8, 4) is 0 Å². The number of amides is 1. The molecule has 80 valence electrons. The topological polar surface area (TPSA) is 46.3 Å². The summed E-state index contributed by atoms with van der Waals surface area (Å²) in [4.78, 5) is 13.7. The zero-order valence-corrected chi connectivity index (χ0v) is 8.82. The van der Waals surface area contributed by atoms with Crippen molar-refractivity contribution in [2.45, 2.75) is 19.8 Å². The van der Waals surface area contributed by atoms with Gasteiger partial charge in [-0.15, -0.1) is 0 Å². The molecule has 1 amide bonds. The number of aromatic nitrogens is 1. The summed E-state index contributed by atoms with van der Waals surface area (Å²) in [6.07, 6.45) is 2.00. The summed E-state index contributed by atoms with van der Waals surface area (Å²) in [5.41, 5.74) is 1.50. The molecule has 0 radical (unpaired) electrons. The van der Waals surface area contributed by atoms with Crippen molar-refractivity contribution in [3.63, 3.8) is 0 Å². The summed E-state index contributed by atoms with van der Waals surface area (Å²) in [7, 11) is 0. The predicted molar refractivity (Wildman–Crippen MR) is 55.5 cm³/mol. The molecule has 0 spiro atoms. The van der Waals surface area contributed by atoms with E-state index in [2.05, 4.69) is 11.7 Å². The lowest BCUT2D eigenvalue weighted by Crippen LogP contribution is -2.36. The third-order valence-corrected chi connectivity index (χ3v) is 2.51. The minimum atomic E-state index is -0.0623. The summed E-state index contributed by atoms with van der Waals surface area (Å²) in [6.45, 7) is 7.11. The number of hydrogen-bond acceptors (Lipinski definition) is 3.